The maximum atomic E-state index is 14.2. The predicted octanol–water partition coefficient (Wildman–Crippen LogP) is 3.05. The van der Waals surface area contributed by atoms with Crippen molar-refractivity contribution in [3.8, 4) is 0 Å². The van der Waals surface area contributed by atoms with E-state index in [0.717, 1.165) is 37.8 Å². The predicted molar refractivity (Wildman–Crippen MR) is 112 cm³/mol. The Bertz CT molecular complexity index is 732. The quantitative estimate of drug-likeness (QED) is 0.811. The number of urea groups is 1. The van der Waals surface area contributed by atoms with Crippen LogP contribution in [-0.2, 0) is 4.79 Å². The van der Waals surface area contributed by atoms with E-state index >= 15 is 0 Å². The van der Waals surface area contributed by atoms with Crippen LogP contribution in [0.1, 0.15) is 45.1 Å². The molecule has 6 nitrogen and oxygen atoms in total. The number of anilines is 1. The summed E-state index contributed by atoms with van der Waals surface area (Å²) in [5.41, 5.74) is 1.63. The number of aryl methyl sites for hydroxylation is 1. The van der Waals surface area contributed by atoms with Gasteiger partial charge in [0.05, 0.1) is 5.69 Å². The summed E-state index contributed by atoms with van der Waals surface area (Å²) in [6.07, 6.45) is 3.35. The van der Waals surface area contributed by atoms with Gasteiger partial charge in [-0.3, -0.25) is 4.79 Å². The summed E-state index contributed by atoms with van der Waals surface area (Å²) in [7, 11) is 0. The summed E-state index contributed by atoms with van der Waals surface area (Å²) < 4.78 is 14.2. The summed E-state index contributed by atoms with van der Waals surface area (Å²) >= 11 is 0. The first-order valence-corrected chi connectivity index (χ1v) is 10.7. The van der Waals surface area contributed by atoms with Gasteiger partial charge in [0, 0.05) is 44.2 Å². The third kappa shape index (κ3) is 5.61. The molecule has 0 saturated carbocycles. The molecule has 0 radical (unpaired) electrons. The molecule has 0 aromatic heterocycles. The lowest BCUT2D eigenvalue weighted by molar-refractivity contribution is -0.135. The van der Waals surface area contributed by atoms with E-state index in [4.69, 9.17) is 0 Å². The standard InChI is InChI=1S/C22H33FN4O2/c1-15(2)21(28)26-11-8-17(9-12-26)24-22(29)25-18-5-4-10-27(14-18)20-13-16(3)6-7-19(20)23/h6-7,13,15,17-18H,4-5,8-12,14H2,1-3H3,(H2,24,25,29). The molecule has 2 saturated heterocycles. The normalized spacial score (nSPS) is 20.7. The number of rotatable bonds is 4. The minimum atomic E-state index is -0.219. The minimum absolute atomic E-state index is 0.00808. The summed E-state index contributed by atoms with van der Waals surface area (Å²) in [6, 6.07) is 5.04. The van der Waals surface area contributed by atoms with Crippen LogP contribution in [0.4, 0.5) is 14.9 Å². The Morgan fingerprint density at radius 1 is 1.07 bits per heavy atom. The minimum Gasteiger partial charge on any atom is -0.367 e. The first kappa shape index (κ1) is 21.4. The summed E-state index contributed by atoms with van der Waals surface area (Å²) in [4.78, 5) is 28.5. The molecule has 0 spiro atoms. The molecule has 2 fully saturated rings. The molecule has 29 heavy (non-hydrogen) atoms. The van der Waals surface area contributed by atoms with Crippen molar-refractivity contribution in [2.24, 2.45) is 5.92 Å². The first-order chi connectivity index (χ1) is 13.8. The van der Waals surface area contributed by atoms with Gasteiger partial charge in [-0.25, -0.2) is 9.18 Å². The lowest BCUT2D eigenvalue weighted by Gasteiger charge is -2.36. The fraction of sp³-hybridized carbons (Fsp3) is 0.636. The highest BCUT2D eigenvalue weighted by Gasteiger charge is 2.27. The molecular formula is C22H33FN4O2. The van der Waals surface area contributed by atoms with Crippen LogP contribution in [0.2, 0.25) is 0 Å². The third-order valence-electron chi connectivity index (χ3n) is 5.83. The number of nitrogens with one attached hydrogen (secondary N) is 2. The number of carbonyl (C=O) groups is 2. The molecule has 3 rings (SSSR count). The van der Waals surface area contributed by atoms with E-state index in [0.29, 0.717) is 25.3 Å². The third-order valence-corrected chi connectivity index (χ3v) is 5.83. The molecule has 1 aromatic rings. The maximum absolute atomic E-state index is 14.2. The molecule has 3 amide bonds. The Balaban J connectivity index is 1.47. The fourth-order valence-corrected chi connectivity index (χ4v) is 4.20. The first-order valence-electron chi connectivity index (χ1n) is 10.7. The van der Waals surface area contributed by atoms with Crippen molar-refractivity contribution in [1.29, 1.82) is 0 Å². The monoisotopic (exact) mass is 404 g/mol. The van der Waals surface area contributed by atoms with Gasteiger partial charge in [0.15, 0.2) is 0 Å². The SMILES string of the molecule is Cc1ccc(F)c(N2CCCC(NC(=O)NC3CCN(C(=O)C(C)C)CC3)C2)c1. The van der Waals surface area contributed by atoms with Crippen LogP contribution in [-0.4, -0.2) is 55.1 Å². The van der Waals surface area contributed by atoms with E-state index in [9.17, 15) is 14.0 Å². The van der Waals surface area contributed by atoms with Gasteiger partial charge in [-0.1, -0.05) is 19.9 Å². The molecule has 1 unspecified atom stereocenters. The molecule has 0 bridgehead atoms. The van der Waals surface area contributed by atoms with Gasteiger partial charge in [0.2, 0.25) is 5.91 Å². The molecule has 2 aliphatic heterocycles. The smallest absolute Gasteiger partial charge is 0.315 e. The van der Waals surface area contributed by atoms with Crippen LogP contribution in [0.5, 0.6) is 0 Å². The lowest BCUT2D eigenvalue weighted by atomic mass is 10.0. The zero-order chi connectivity index (χ0) is 21.0. The molecule has 1 atom stereocenters. The Morgan fingerprint density at radius 3 is 2.45 bits per heavy atom. The second-order valence-electron chi connectivity index (χ2n) is 8.61. The molecule has 0 aliphatic carbocycles. The van der Waals surface area contributed by atoms with E-state index < -0.39 is 0 Å². The highest BCUT2D eigenvalue weighted by molar-refractivity contribution is 5.78. The van der Waals surface area contributed by atoms with Crippen molar-refractivity contribution in [2.45, 2.75) is 58.5 Å². The largest absolute Gasteiger partial charge is 0.367 e. The number of piperidine rings is 2. The summed E-state index contributed by atoms with van der Waals surface area (Å²) in [6.45, 7) is 8.55. The summed E-state index contributed by atoms with van der Waals surface area (Å²) in [5.74, 6) is -0.0303. The average molecular weight is 405 g/mol. The van der Waals surface area contributed by atoms with Gasteiger partial charge in [0.25, 0.3) is 0 Å². The van der Waals surface area contributed by atoms with Gasteiger partial charge in [0.1, 0.15) is 5.82 Å². The molecule has 2 heterocycles. The average Bonchev–Trinajstić information content (AvgIpc) is 2.70. The second kappa shape index (κ2) is 9.46. The molecular weight excluding hydrogens is 371 g/mol. The van der Waals surface area contributed by atoms with Crippen LogP contribution >= 0.6 is 0 Å². The topological polar surface area (TPSA) is 64.7 Å². The molecule has 2 aliphatic rings. The van der Waals surface area contributed by atoms with E-state index in [-0.39, 0.29) is 35.8 Å². The van der Waals surface area contributed by atoms with Gasteiger partial charge in [-0.05, 0) is 50.3 Å². The Hall–Kier alpha value is -2.31. The second-order valence-corrected chi connectivity index (χ2v) is 8.61. The maximum Gasteiger partial charge on any atom is 0.315 e. The van der Waals surface area contributed by atoms with Crippen molar-refractivity contribution in [3.05, 3.63) is 29.6 Å². The highest BCUT2D eigenvalue weighted by Crippen LogP contribution is 2.24. The Kier molecular flexibility index (Phi) is 6.98. The van der Waals surface area contributed by atoms with Crippen LogP contribution in [0, 0.1) is 18.7 Å². The number of nitrogens with zero attached hydrogens (tertiary/aromatic N) is 2. The van der Waals surface area contributed by atoms with Gasteiger partial charge in [-0.2, -0.15) is 0 Å². The van der Waals surface area contributed by atoms with E-state index in [1.807, 2.05) is 36.6 Å². The number of hydrogen-bond acceptors (Lipinski definition) is 3. The van der Waals surface area contributed by atoms with Crippen molar-refractivity contribution >= 4 is 17.6 Å². The number of hydrogen-bond donors (Lipinski definition) is 2. The number of benzene rings is 1. The van der Waals surface area contributed by atoms with Gasteiger partial charge < -0.3 is 20.4 Å². The van der Waals surface area contributed by atoms with E-state index in [2.05, 4.69) is 10.6 Å². The fourth-order valence-electron chi connectivity index (χ4n) is 4.20. The number of likely N-dealkylation sites (tertiary alicyclic amines) is 1. The van der Waals surface area contributed by atoms with Crippen LogP contribution in [0.3, 0.4) is 0 Å². The van der Waals surface area contributed by atoms with Crippen LogP contribution in [0.15, 0.2) is 18.2 Å². The Labute approximate surface area is 172 Å². The lowest BCUT2D eigenvalue weighted by Crippen LogP contribution is -2.54. The highest BCUT2D eigenvalue weighted by atomic mass is 19.1. The van der Waals surface area contributed by atoms with Crippen LogP contribution in [0.25, 0.3) is 0 Å². The van der Waals surface area contributed by atoms with Crippen molar-refractivity contribution in [1.82, 2.24) is 15.5 Å². The van der Waals surface area contributed by atoms with Gasteiger partial charge in [-0.15, -0.1) is 0 Å². The van der Waals surface area contributed by atoms with Crippen molar-refractivity contribution < 1.29 is 14.0 Å². The molecule has 1 aromatic carbocycles. The van der Waals surface area contributed by atoms with E-state index in [1.165, 1.54) is 6.07 Å². The summed E-state index contributed by atoms with van der Waals surface area (Å²) in [5, 5.41) is 6.11. The zero-order valence-electron chi connectivity index (χ0n) is 17.7. The molecule has 7 heteroatoms. The molecule has 2 N–H and O–H groups in total. The van der Waals surface area contributed by atoms with Crippen LogP contribution < -0.4 is 15.5 Å². The zero-order valence-corrected chi connectivity index (χ0v) is 17.7. The van der Waals surface area contributed by atoms with Crippen molar-refractivity contribution in [2.75, 3.05) is 31.1 Å². The number of halogens is 1. The Morgan fingerprint density at radius 2 is 1.76 bits per heavy atom. The number of amides is 3. The van der Waals surface area contributed by atoms with E-state index in [1.54, 1.807) is 6.07 Å². The van der Waals surface area contributed by atoms with Crippen molar-refractivity contribution in [3.63, 3.8) is 0 Å². The van der Waals surface area contributed by atoms with Gasteiger partial charge >= 0.3 is 6.03 Å². The number of carbonyl (C=O) groups excluding carboxylic acids is 2. The molecule has 160 valence electrons.